The van der Waals surface area contributed by atoms with Gasteiger partial charge in [0.05, 0.1) is 0 Å². The van der Waals surface area contributed by atoms with E-state index in [1.54, 1.807) is 0 Å². The van der Waals surface area contributed by atoms with Gasteiger partial charge in [0.1, 0.15) is 0 Å². The molecule has 0 aliphatic carbocycles. The van der Waals surface area contributed by atoms with Crippen LogP contribution in [0.4, 0.5) is 18.8 Å². The van der Waals surface area contributed by atoms with Crippen LogP contribution >= 0.6 is 0 Å². The zero-order valence-electron chi connectivity index (χ0n) is 2.63. The van der Waals surface area contributed by atoms with Gasteiger partial charge in [-0.2, -0.15) is 0 Å². The summed E-state index contributed by atoms with van der Waals surface area (Å²) in [6, 6.07) is 0. The van der Waals surface area contributed by atoms with E-state index in [9.17, 15) is 0 Å². The van der Waals surface area contributed by atoms with Gasteiger partial charge in [0, 0.05) is 0 Å². The molecule has 0 aliphatic rings. The molecule has 0 heterocycles. The smallest absolute Gasteiger partial charge is 0.269 e. The standard InChI is InChI=1S/4FH.H4Si/h4*1H;1H4/p+1. The highest BCUT2D eigenvalue weighted by molar-refractivity contribution is 5.75. The molecular weight excluding hydrogens is 104 g/mol. The highest BCUT2D eigenvalue weighted by Gasteiger charge is -0.0148. The predicted molar refractivity (Wildman–Crippen MR) is 22.5 cm³/mol. The molecular formula is H9F4Si+. The Labute approximate surface area is 32.5 Å². The summed E-state index contributed by atoms with van der Waals surface area (Å²) in [5.41, 5.74) is 0. The van der Waals surface area contributed by atoms with Crippen LogP contribution in [0.1, 0.15) is 1.43 Å². The summed E-state index contributed by atoms with van der Waals surface area (Å²) in [6.45, 7) is 0. The molecule has 0 saturated heterocycles. The van der Waals surface area contributed by atoms with Gasteiger partial charge in [-0.1, -0.05) is 0 Å². The molecule has 0 fully saturated rings. The van der Waals surface area contributed by atoms with E-state index < -0.39 is 0 Å². The lowest BCUT2D eigenvalue weighted by molar-refractivity contribution is 1.11. The lowest BCUT2D eigenvalue weighted by Gasteiger charge is -0.270. The first kappa shape index (κ1) is 19200. The van der Waals surface area contributed by atoms with Crippen molar-refractivity contribution in [2.45, 2.75) is 0 Å². The van der Waals surface area contributed by atoms with E-state index in [1.165, 1.54) is 0 Å². The summed E-state index contributed by atoms with van der Waals surface area (Å²) in [5, 5.41) is 0. The van der Waals surface area contributed by atoms with Crippen LogP contribution < -0.4 is 0 Å². The molecule has 0 nitrogen and oxygen atoms in total. The molecule has 0 aromatic carbocycles. The summed E-state index contributed by atoms with van der Waals surface area (Å²) < 4.78 is 0. The number of rotatable bonds is 0. The van der Waals surface area contributed by atoms with Gasteiger partial charge < -0.3 is 0 Å². The summed E-state index contributed by atoms with van der Waals surface area (Å²) in [5.74, 6) is 0. The third-order valence-corrected chi connectivity index (χ3v) is 0. The van der Waals surface area contributed by atoms with Crippen molar-refractivity contribution in [2.24, 2.45) is 0 Å². The van der Waals surface area contributed by atoms with Crippen LogP contribution in [0.15, 0.2) is 0 Å². The van der Waals surface area contributed by atoms with Crippen molar-refractivity contribution in [3.63, 3.8) is 0 Å². The second-order valence-corrected chi connectivity index (χ2v) is 0. The fourth-order valence-electron chi connectivity index (χ4n) is 0. The van der Waals surface area contributed by atoms with E-state index in [1.807, 2.05) is 0 Å². The Morgan fingerprint density at radius 3 is 0.600 bits per heavy atom. The summed E-state index contributed by atoms with van der Waals surface area (Å²) in [6.07, 6.45) is 0. The highest BCUT2D eigenvalue weighted by atomic mass is 28.1. The van der Waals surface area contributed by atoms with Crippen LogP contribution in [0.25, 0.3) is 0 Å². The van der Waals surface area contributed by atoms with Crippen molar-refractivity contribution in [3.8, 4) is 0 Å². The molecule has 0 atom stereocenters. The Bertz CT molecular complexity index is 7.51. The third kappa shape index (κ3) is 3710. The van der Waals surface area contributed by atoms with Crippen molar-refractivity contribution in [2.75, 3.05) is 0 Å². The molecule has 0 bridgehead atoms. The van der Waals surface area contributed by atoms with Crippen LogP contribution in [-0.2, 0) is 0 Å². The molecule has 0 radical (unpaired) electrons. The molecule has 0 rings (SSSR count). The molecule has 5 heavy (non-hydrogen) atoms. The molecule has 0 amide bonds. The zero-order valence-corrected chi connectivity index (χ0v) is 1.63. The molecule has 0 spiro atoms. The quantitative estimate of drug-likeness (QED) is 0.287. The van der Waals surface area contributed by atoms with Crippen LogP contribution in [0.2, 0.25) is 0 Å². The fraction of sp³-hybridized carbons (Fsp3) is 0. The van der Waals surface area contributed by atoms with Crippen LogP contribution in [0.3, 0.4) is 0 Å². The van der Waals surface area contributed by atoms with E-state index in [-0.39, 0.29) is 31.2 Å². The van der Waals surface area contributed by atoms with Gasteiger partial charge in [-0.05, 0) is 11.0 Å². The summed E-state index contributed by atoms with van der Waals surface area (Å²) in [7, 11) is 0. The van der Waals surface area contributed by atoms with Crippen LogP contribution in [0.5, 0.6) is 0 Å². The molecule has 0 N–H and O–H groups in total. The highest BCUT2D eigenvalue weighted by Crippen LogP contribution is 0.423. The Morgan fingerprint density at radius 2 is 0.600 bits per heavy atom. The average Bonchev–Trinajstić information content (AvgIpc) is 0. The predicted octanol–water partition coefficient (Wildman–Crippen LogP) is -0.729. The molecule has 0 aromatic rings. The number of hydrogen-bond acceptors (Lipinski definition) is 0. The maximum atomic E-state index is 0. The van der Waals surface area contributed by atoms with Crippen molar-refractivity contribution in [1.82, 2.24) is 0 Å². The normalized spacial score (nSPS) is 0. The zero-order chi connectivity index (χ0) is 0. The van der Waals surface area contributed by atoms with Gasteiger partial charge >= 0.3 is 1.43 Å². The third-order valence-electron chi connectivity index (χ3n) is 0. The van der Waals surface area contributed by atoms with E-state index in [0.29, 0.717) is 0 Å². The van der Waals surface area contributed by atoms with Crippen molar-refractivity contribution >= 4 is 11.0 Å². The summed E-state index contributed by atoms with van der Waals surface area (Å²) in [4.78, 5) is 0. The first-order valence-corrected chi connectivity index (χ1v) is 0. The van der Waals surface area contributed by atoms with E-state index >= 15 is 0 Å². The molecule has 5 heteroatoms. The first-order chi connectivity index (χ1) is 0. The maximum absolute atomic E-state index is 0. The Balaban J connectivity index is 0. The average molecular weight is 113 g/mol. The second kappa shape index (κ2) is 8520. The fourth-order valence-corrected chi connectivity index (χ4v) is 0. The van der Waals surface area contributed by atoms with Gasteiger partial charge in [0.15, 0.2) is 0 Å². The second-order valence-electron chi connectivity index (χ2n) is 0. The Morgan fingerprint density at radius 1 is 0.600 bits per heavy atom. The van der Waals surface area contributed by atoms with Gasteiger partial charge in [-0.3, -0.25) is 18.8 Å². The SMILES string of the molecule is F.F.F.F.[H+].[SiH4]. The Hall–Kier alpha value is -0.0631. The van der Waals surface area contributed by atoms with Gasteiger partial charge in [-0.25, -0.2) is 0 Å². The number of hydrogen-bond donors (Lipinski definition) is 0. The summed E-state index contributed by atoms with van der Waals surface area (Å²) >= 11 is 0. The number of halogens is 4. The first-order valence-electron chi connectivity index (χ1n) is 0. The molecule has 40 valence electrons. The lowest BCUT2D eigenvalue weighted by Crippen LogP contribution is -0.381. The van der Waals surface area contributed by atoms with Crippen molar-refractivity contribution < 1.29 is 20.2 Å². The van der Waals surface area contributed by atoms with E-state index in [2.05, 4.69) is 0 Å². The van der Waals surface area contributed by atoms with Crippen molar-refractivity contribution in [3.05, 3.63) is 0 Å². The molecule has 0 aliphatic heterocycles. The largest absolute Gasteiger partial charge is 1.00 e. The van der Waals surface area contributed by atoms with Crippen LogP contribution in [-0.4, -0.2) is 11.0 Å². The minimum absolute atomic E-state index is 0. The molecule has 0 unspecified atom stereocenters. The Kier molecular flexibility index (Phi) is 32700000. The van der Waals surface area contributed by atoms with Gasteiger partial charge in [0.25, 0.3) is 0 Å². The van der Waals surface area contributed by atoms with Gasteiger partial charge in [0.2, 0.25) is 0 Å². The van der Waals surface area contributed by atoms with Crippen LogP contribution in [0, 0.1) is 0 Å². The van der Waals surface area contributed by atoms with Crippen molar-refractivity contribution in [1.29, 1.82) is 0 Å². The monoisotopic (exact) mass is 113 g/mol. The van der Waals surface area contributed by atoms with E-state index in [0.717, 1.165) is 0 Å². The topological polar surface area (TPSA) is 0 Å². The van der Waals surface area contributed by atoms with Gasteiger partial charge in [-0.15, -0.1) is 0 Å². The minimum atomic E-state index is 0. The van der Waals surface area contributed by atoms with E-state index in [4.69, 9.17) is 0 Å². The minimum Gasteiger partial charge on any atom is -0.269 e. The molecule has 0 aromatic heterocycles. The molecule has 0 saturated carbocycles. The lowest BCUT2D eigenvalue weighted by atomic mass is 19.0. The maximum Gasteiger partial charge on any atom is 1.00 e.